The van der Waals surface area contributed by atoms with Crippen molar-refractivity contribution in [3.63, 3.8) is 0 Å². The number of hydrogen-bond acceptors (Lipinski definition) is 4. The van der Waals surface area contributed by atoms with Crippen LogP contribution in [0.2, 0.25) is 0 Å². The van der Waals surface area contributed by atoms with Gasteiger partial charge in [0.2, 0.25) is 0 Å². The van der Waals surface area contributed by atoms with Crippen molar-refractivity contribution in [2.45, 2.75) is 70.1 Å². The van der Waals surface area contributed by atoms with Crippen molar-refractivity contribution in [2.24, 2.45) is 5.92 Å². The maximum Gasteiger partial charge on any atom is 0.136 e. The molecule has 0 radical (unpaired) electrons. The normalized spacial score (nSPS) is 33.5. The summed E-state index contributed by atoms with van der Waals surface area (Å²) in [7, 11) is 0. The summed E-state index contributed by atoms with van der Waals surface area (Å²) in [6, 6.07) is 0. The zero-order chi connectivity index (χ0) is 16.8. The molecule has 0 bridgehead atoms. The minimum Gasteiger partial charge on any atom is -0.302 e. The molecule has 24 heavy (non-hydrogen) atoms. The molecule has 138 valence electrons. The lowest BCUT2D eigenvalue weighted by Crippen LogP contribution is -2.56. The number of piperazine rings is 1. The Morgan fingerprint density at radius 3 is 2.42 bits per heavy atom. The lowest BCUT2D eigenvalue weighted by atomic mass is 9.84. The summed E-state index contributed by atoms with van der Waals surface area (Å²) < 4.78 is 13.2. The molecule has 3 fully saturated rings. The molecule has 2 saturated heterocycles. The van der Waals surface area contributed by atoms with Crippen LogP contribution in [0.1, 0.15) is 57.8 Å². The van der Waals surface area contributed by atoms with Gasteiger partial charge in [-0.2, -0.15) is 0 Å². The molecule has 0 amide bonds. The van der Waals surface area contributed by atoms with E-state index in [1.165, 1.54) is 19.3 Å². The first-order valence-electron chi connectivity index (χ1n) is 10.1. The summed E-state index contributed by atoms with van der Waals surface area (Å²) in [6.45, 7) is 6.74. The Hall–Kier alpha value is -0.520. The highest BCUT2D eigenvalue weighted by Crippen LogP contribution is 2.28. The first-order chi connectivity index (χ1) is 11.7. The van der Waals surface area contributed by atoms with E-state index < -0.39 is 6.17 Å². The maximum absolute atomic E-state index is 13.2. The van der Waals surface area contributed by atoms with E-state index in [4.69, 9.17) is 0 Å². The van der Waals surface area contributed by atoms with Gasteiger partial charge in [-0.05, 0) is 64.5 Å². The van der Waals surface area contributed by atoms with Gasteiger partial charge in [-0.25, -0.2) is 4.39 Å². The predicted molar refractivity (Wildman–Crippen MR) is 94.7 cm³/mol. The van der Waals surface area contributed by atoms with E-state index in [0.29, 0.717) is 31.2 Å². The average Bonchev–Trinajstić information content (AvgIpc) is 2.63. The summed E-state index contributed by atoms with van der Waals surface area (Å²) in [6.07, 6.45) is 8.26. The van der Waals surface area contributed by atoms with E-state index in [2.05, 4.69) is 15.1 Å². The highest BCUT2D eigenvalue weighted by molar-refractivity contribution is 5.81. The SMILES string of the molecule is O=C(CCCN1CCN(C2CCCCN2)CC1)C1CCC(F)CC1. The van der Waals surface area contributed by atoms with E-state index in [1.54, 1.807) is 0 Å². The monoisotopic (exact) mass is 339 g/mol. The van der Waals surface area contributed by atoms with Crippen LogP contribution in [0.4, 0.5) is 4.39 Å². The summed E-state index contributed by atoms with van der Waals surface area (Å²) in [5, 5.41) is 3.64. The highest BCUT2D eigenvalue weighted by Gasteiger charge is 2.27. The molecule has 3 aliphatic rings. The zero-order valence-corrected chi connectivity index (χ0v) is 15.0. The van der Waals surface area contributed by atoms with Gasteiger partial charge in [-0.15, -0.1) is 0 Å². The smallest absolute Gasteiger partial charge is 0.136 e. The standard InChI is InChI=1S/C19H34FN3O/c20-17-8-6-16(7-9-17)18(24)4-3-11-22-12-14-23(15-13-22)19-5-1-2-10-21-19/h16-17,19,21H,1-15H2. The van der Waals surface area contributed by atoms with Crippen LogP contribution < -0.4 is 5.32 Å². The van der Waals surface area contributed by atoms with E-state index in [1.807, 2.05) is 0 Å². The molecule has 4 nitrogen and oxygen atoms in total. The molecule has 1 N–H and O–H groups in total. The van der Waals surface area contributed by atoms with Gasteiger partial charge in [0.1, 0.15) is 12.0 Å². The molecule has 1 atom stereocenters. The lowest BCUT2D eigenvalue weighted by molar-refractivity contribution is -0.124. The van der Waals surface area contributed by atoms with Crippen LogP contribution in [-0.2, 0) is 4.79 Å². The molecular weight excluding hydrogens is 305 g/mol. The second-order valence-electron chi connectivity index (χ2n) is 7.86. The number of piperidine rings is 1. The number of nitrogens with one attached hydrogen (secondary N) is 1. The number of ketones is 1. The quantitative estimate of drug-likeness (QED) is 0.807. The van der Waals surface area contributed by atoms with Gasteiger partial charge in [0, 0.05) is 38.5 Å². The Bertz CT molecular complexity index is 384. The van der Waals surface area contributed by atoms with Crippen molar-refractivity contribution >= 4 is 5.78 Å². The summed E-state index contributed by atoms with van der Waals surface area (Å²) in [5.74, 6) is 0.526. The number of hydrogen-bond donors (Lipinski definition) is 1. The largest absolute Gasteiger partial charge is 0.302 e. The van der Waals surface area contributed by atoms with Crippen molar-refractivity contribution in [1.82, 2.24) is 15.1 Å². The molecular formula is C19H34FN3O. The van der Waals surface area contributed by atoms with Crippen LogP contribution >= 0.6 is 0 Å². The van der Waals surface area contributed by atoms with Crippen LogP contribution in [0, 0.1) is 5.92 Å². The van der Waals surface area contributed by atoms with Gasteiger partial charge in [-0.3, -0.25) is 9.69 Å². The Kier molecular flexibility index (Phi) is 7.05. The molecule has 0 spiro atoms. The van der Waals surface area contributed by atoms with E-state index in [-0.39, 0.29) is 5.92 Å². The van der Waals surface area contributed by atoms with Crippen LogP contribution in [0.25, 0.3) is 0 Å². The first-order valence-corrected chi connectivity index (χ1v) is 10.1. The third kappa shape index (κ3) is 5.24. The van der Waals surface area contributed by atoms with Crippen LogP contribution in [-0.4, -0.2) is 67.2 Å². The van der Waals surface area contributed by atoms with Gasteiger partial charge in [0.05, 0.1) is 6.17 Å². The predicted octanol–water partition coefficient (Wildman–Crippen LogP) is 2.58. The van der Waals surface area contributed by atoms with E-state index >= 15 is 0 Å². The van der Waals surface area contributed by atoms with E-state index in [0.717, 1.165) is 58.5 Å². The van der Waals surface area contributed by atoms with Crippen LogP contribution in [0.3, 0.4) is 0 Å². The molecule has 0 aromatic rings. The molecule has 1 unspecified atom stereocenters. The minimum absolute atomic E-state index is 0.145. The topological polar surface area (TPSA) is 35.6 Å². The summed E-state index contributed by atoms with van der Waals surface area (Å²) in [4.78, 5) is 17.3. The van der Waals surface area contributed by atoms with Crippen LogP contribution in [0.15, 0.2) is 0 Å². The van der Waals surface area contributed by atoms with Gasteiger partial charge in [-0.1, -0.05) is 0 Å². The first kappa shape index (κ1) is 18.3. The number of Topliss-reactive ketones (excluding diaryl/α,β-unsaturated/α-hetero) is 1. The Labute approximate surface area is 146 Å². The molecule has 2 aliphatic heterocycles. The van der Waals surface area contributed by atoms with Crippen LogP contribution in [0.5, 0.6) is 0 Å². The number of carbonyl (C=O) groups is 1. The second kappa shape index (κ2) is 9.25. The Morgan fingerprint density at radius 1 is 1.00 bits per heavy atom. The fraction of sp³-hybridized carbons (Fsp3) is 0.947. The minimum atomic E-state index is -0.663. The van der Waals surface area contributed by atoms with E-state index in [9.17, 15) is 9.18 Å². The van der Waals surface area contributed by atoms with Crippen molar-refractivity contribution < 1.29 is 9.18 Å². The Morgan fingerprint density at radius 2 is 1.75 bits per heavy atom. The number of rotatable bonds is 6. The summed E-state index contributed by atoms with van der Waals surface area (Å²) >= 11 is 0. The average molecular weight is 339 g/mol. The molecule has 5 heteroatoms. The maximum atomic E-state index is 13.2. The van der Waals surface area contributed by atoms with Gasteiger partial charge in [0.25, 0.3) is 0 Å². The molecule has 2 heterocycles. The number of nitrogens with zero attached hydrogens (tertiary/aromatic N) is 2. The molecule has 3 rings (SSSR count). The highest BCUT2D eigenvalue weighted by atomic mass is 19.1. The Balaban J connectivity index is 1.28. The molecule has 1 saturated carbocycles. The van der Waals surface area contributed by atoms with Gasteiger partial charge in [0.15, 0.2) is 0 Å². The van der Waals surface area contributed by atoms with Crippen molar-refractivity contribution in [1.29, 1.82) is 0 Å². The van der Waals surface area contributed by atoms with Crippen molar-refractivity contribution in [2.75, 3.05) is 39.3 Å². The molecule has 1 aliphatic carbocycles. The number of alkyl halides is 1. The van der Waals surface area contributed by atoms with Crippen molar-refractivity contribution in [3.05, 3.63) is 0 Å². The number of halogens is 1. The fourth-order valence-corrected chi connectivity index (χ4v) is 4.50. The third-order valence-electron chi connectivity index (χ3n) is 6.14. The molecule has 0 aromatic carbocycles. The second-order valence-corrected chi connectivity index (χ2v) is 7.86. The van der Waals surface area contributed by atoms with Gasteiger partial charge < -0.3 is 10.2 Å². The fourth-order valence-electron chi connectivity index (χ4n) is 4.50. The zero-order valence-electron chi connectivity index (χ0n) is 15.0. The lowest BCUT2D eigenvalue weighted by Gasteiger charge is -2.41. The number of carbonyl (C=O) groups excluding carboxylic acids is 1. The van der Waals surface area contributed by atoms with Gasteiger partial charge >= 0.3 is 0 Å². The molecule has 0 aromatic heterocycles. The third-order valence-corrected chi connectivity index (χ3v) is 6.14. The van der Waals surface area contributed by atoms with Crippen molar-refractivity contribution in [3.8, 4) is 0 Å². The summed E-state index contributed by atoms with van der Waals surface area (Å²) in [5.41, 5.74) is 0.